The first-order chi connectivity index (χ1) is 5.80. The number of rotatable bonds is 3. The zero-order chi connectivity index (χ0) is 8.97. The highest BCUT2D eigenvalue weighted by atomic mass is 15.3. The van der Waals surface area contributed by atoms with Crippen molar-refractivity contribution < 1.29 is 0 Å². The fourth-order valence-corrected chi connectivity index (χ4v) is 0.711. The second-order valence-electron chi connectivity index (χ2n) is 2.06. The molecule has 0 radical (unpaired) electrons. The van der Waals surface area contributed by atoms with E-state index >= 15 is 0 Å². The summed E-state index contributed by atoms with van der Waals surface area (Å²) in [7, 11) is 5.27. The monoisotopic (exact) mass is 185 g/mol. The van der Waals surface area contributed by atoms with Crippen LogP contribution in [0.2, 0.25) is 0 Å². The van der Waals surface area contributed by atoms with Gasteiger partial charge < -0.3 is 22.1 Å². The highest BCUT2D eigenvalue weighted by Gasteiger charge is 2.00. The summed E-state index contributed by atoms with van der Waals surface area (Å²) in [6.07, 6.45) is 0. The van der Waals surface area contributed by atoms with Crippen molar-refractivity contribution in [3.63, 3.8) is 0 Å². The summed E-state index contributed by atoms with van der Waals surface area (Å²) < 4.78 is 0. The van der Waals surface area contributed by atoms with E-state index in [1.807, 2.05) is 0 Å². The molecule has 0 aromatic carbocycles. The van der Waals surface area contributed by atoms with Gasteiger partial charge in [-0.2, -0.15) is 15.0 Å². The second-order valence-corrected chi connectivity index (χ2v) is 2.06. The Kier molecular flexibility index (Phi) is 4.45. The lowest BCUT2D eigenvalue weighted by Gasteiger charge is -2.04. The maximum absolute atomic E-state index is 4.03. The van der Waals surface area contributed by atoms with Crippen molar-refractivity contribution in [2.45, 2.75) is 0 Å². The molecule has 1 heterocycles. The average molecular weight is 185 g/mol. The zero-order valence-corrected chi connectivity index (χ0v) is 8.05. The van der Waals surface area contributed by atoms with Crippen LogP contribution in [0.25, 0.3) is 0 Å². The maximum atomic E-state index is 4.03. The van der Waals surface area contributed by atoms with Crippen molar-refractivity contribution in [1.29, 1.82) is 0 Å². The van der Waals surface area contributed by atoms with E-state index in [1.165, 1.54) is 0 Å². The molecule has 0 amide bonds. The van der Waals surface area contributed by atoms with Crippen LogP contribution in [0.1, 0.15) is 0 Å². The molecule has 7 heteroatoms. The summed E-state index contributed by atoms with van der Waals surface area (Å²) in [6.45, 7) is 0. The van der Waals surface area contributed by atoms with Gasteiger partial charge in [-0.05, 0) is 0 Å². The Morgan fingerprint density at radius 1 is 0.692 bits per heavy atom. The predicted octanol–water partition coefficient (Wildman–Crippen LogP) is 0.159. The molecule has 74 valence electrons. The molecule has 0 spiro atoms. The smallest absolute Gasteiger partial charge is 0.229 e. The Bertz CT molecular complexity index is 206. The van der Waals surface area contributed by atoms with Crippen molar-refractivity contribution in [2.24, 2.45) is 0 Å². The summed E-state index contributed by atoms with van der Waals surface area (Å²) in [5.41, 5.74) is 0. The van der Waals surface area contributed by atoms with Crippen molar-refractivity contribution in [3.05, 3.63) is 0 Å². The number of nitrogens with one attached hydrogen (secondary N) is 3. The van der Waals surface area contributed by atoms with Crippen LogP contribution in [0.15, 0.2) is 0 Å². The van der Waals surface area contributed by atoms with Crippen molar-refractivity contribution in [1.82, 2.24) is 21.1 Å². The molecule has 0 aliphatic rings. The second kappa shape index (κ2) is 5.09. The number of hydrogen-bond acceptors (Lipinski definition) is 7. The Balaban J connectivity index is 0.00000144. The quantitative estimate of drug-likeness (QED) is 0.531. The lowest BCUT2D eigenvalue weighted by molar-refractivity contribution is 1.04. The van der Waals surface area contributed by atoms with Crippen LogP contribution in [0.5, 0.6) is 0 Å². The highest BCUT2D eigenvalue weighted by molar-refractivity contribution is 5.40. The van der Waals surface area contributed by atoms with E-state index in [-0.39, 0.29) is 6.15 Å². The largest absolute Gasteiger partial charge is 0.357 e. The highest BCUT2D eigenvalue weighted by Crippen LogP contribution is 2.06. The van der Waals surface area contributed by atoms with Crippen LogP contribution in [0.4, 0.5) is 17.8 Å². The van der Waals surface area contributed by atoms with Gasteiger partial charge >= 0.3 is 0 Å². The summed E-state index contributed by atoms with van der Waals surface area (Å²) >= 11 is 0. The van der Waals surface area contributed by atoms with Gasteiger partial charge in [-0.25, -0.2) is 0 Å². The molecule has 0 bridgehead atoms. The Hall–Kier alpha value is -1.63. The first-order valence-electron chi connectivity index (χ1n) is 3.59. The SMILES string of the molecule is CNc1nc(NC)nc(NC)n1.N. The fraction of sp³-hybridized carbons (Fsp3) is 0.500. The molecule has 0 saturated carbocycles. The molecule has 0 fully saturated rings. The van der Waals surface area contributed by atoms with Crippen LogP contribution in [0.3, 0.4) is 0 Å². The van der Waals surface area contributed by atoms with E-state index in [0.717, 1.165) is 0 Å². The molecule has 0 saturated heterocycles. The lowest BCUT2D eigenvalue weighted by Crippen LogP contribution is -2.06. The van der Waals surface area contributed by atoms with Gasteiger partial charge in [0.2, 0.25) is 17.8 Å². The normalized spacial score (nSPS) is 8.54. The van der Waals surface area contributed by atoms with Crippen molar-refractivity contribution in [2.75, 3.05) is 37.1 Å². The molecule has 7 nitrogen and oxygen atoms in total. The van der Waals surface area contributed by atoms with E-state index in [2.05, 4.69) is 30.9 Å². The van der Waals surface area contributed by atoms with E-state index in [9.17, 15) is 0 Å². The van der Waals surface area contributed by atoms with Crippen LogP contribution in [-0.4, -0.2) is 36.1 Å². The fourth-order valence-electron chi connectivity index (χ4n) is 0.711. The molecule has 0 atom stereocenters. The molecule has 13 heavy (non-hydrogen) atoms. The van der Waals surface area contributed by atoms with Gasteiger partial charge in [0.05, 0.1) is 0 Å². The standard InChI is InChI=1S/C6H12N6.H3N/c1-7-4-10-5(8-2)12-6(9-3)11-4;/h1-3H3,(H3,7,8,9,10,11,12);1H3. The molecule has 1 rings (SSSR count). The van der Waals surface area contributed by atoms with Gasteiger partial charge in [-0.1, -0.05) is 0 Å². The van der Waals surface area contributed by atoms with Crippen LogP contribution >= 0.6 is 0 Å². The van der Waals surface area contributed by atoms with Gasteiger partial charge in [0.15, 0.2) is 0 Å². The van der Waals surface area contributed by atoms with Crippen LogP contribution in [0, 0.1) is 0 Å². The third kappa shape index (κ3) is 2.71. The van der Waals surface area contributed by atoms with E-state index < -0.39 is 0 Å². The summed E-state index contributed by atoms with van der Waals surface area (Å²) in [5, 5.41) is 8.50. The van der Waals surface area contributed by atoms with Crippen LogP contribution < -0.4 is 22.1 Å². The van der Waals surface area contributed by atoms with E-state index in [1.54, 1.807) is 21.1 Å². The molecular weight excluding hydrogens is 170 g/mol. The van der Waals surface area contributed by atoms with E-state index in [0.29, 0.717) is 17.8 Å². The van der Waals surface area contributed by atoms with Crippen LogP contribution in [-0.2, 0) is 0 Å². The molecule has 0 aliphatic carbocycles. The Morgan fingerprint density at radius 3 is 1.08 bits per heavy atom. The van der Waals surface area contributed by atoms with Crippen molar-refractivity contribution in [3.8, 4) is 0 Å². The maximum Gasteiger partial charge on any atom is 0.229 e. The molecule has 0 unspecified atom stereocenters. The molecule has 6 N–H and O–H groups in total. The molecule has 0 aliphatic heterocycles. The molecule has 1 aromatic rings. The predicted molar refractivity (Wildman–Crippen MR) is 53.5 cm³/mol. The Labute approximate surface area is 77.0 Å². The first-order valence-corrected chi connectivity index (χ1v) is 3.59. The van der Waals surface area contributed by atoms with Gasteiger partial charge in [-0.3, -0.25) is 0 Å². The van der Waals surface area contributed by atoms with Gasteiger partial charge in [0, 0.05) is 21.1 Å². The number of nitrogens with zero attached hydrogens (tertiary/aromatic N) is 3. The molecule has 1 aromatic heterocycles. The average Bonchev–Trinajstić information content (AvgIpc) is 2.16. The van der Waals surface area contributed by atoms with Crippen molar-refractivity contribution >= 4 is 17.8 Å². The summed E-state index contributed by atoms with van der Waals surface area (Å²) in [5.74, 6) is 1.62. The minimum absolute atomic E-state index is 0. The number of hydrogen-bond donors (Lipinski definition) is 4. The third-order valence-corrected chi connectivity index (χ3v) is 1.31. The third-order valence-electron chi connectivity index (χ3n) is 1.31. The zero-order valence-electron chi connectivity index (χ0n) is 8.05. The van der Waals surface area contributed by atoms with Gasteiger partial charge in [0.1, 0.15) is 0 Å². The first kappa shape index (κ1) is 11.4. The lowest BCUT2D eigenvalue weighted by atomic mass is 10.8. The minimum atomic E-state index is 0. The van der Waals surface area contributed by atoms with Gasteiger partial charge in [0.25, 0.3) is 0 Å². The molecular formula is C6H15N7. The summed E-state index contributed by atoms with van der Waals surface area (Å²) in [4.78, 5) is 12.1. The topological polar surface area (TPSA) is 110 Å². The number of anilines is 3. The number of aromatic nitrogens is 3. The summed E-state index contributed by atoms with van der Waals surface area (Å²) in [6, 6.07) is 0. The van der Waals surface area contributed by atoms with Gasteiger partial charge in [-0.15, -0.1) is 0 Å². The minimum Gasteiger partial charge on any atom is -0.357 e. The Morgan fingerprint density at radius 2 is 0.923 bits per heavy atom. The van der Waals surface area contributed by atoms with E-state index in [4.69, 9.17) is 0 Å².